The van der Waals surface area contributed by atoms with E-state index in [9.17, 15) is 5.11 Å². The molecule has 0 saturated carbocycles. The van der Waals surface area contributed by atoms with Gasteiger partial charge in [-0.15, -0.1) is 0 Å². The van der Waals surface area contributed by atoms with E-state index in [1.54, 1.807) is 6.92 Å². The van der Waals surface area contributed by atoms with Gasteiger partial charge in [0.2, 0.25) is 5.13 Å². The molecule has 0 amide bonds. The molecule has 1 heterocycles. The van der Waals surface area contributed by atoms with E-state index in [1.165, 1.54) is 17.9 Å². The van der Waals surface area contributed by atoms with Crippen molar-refractivity contribution in [2.45, 2.75) is 12.5 Å². The summed E-state index contributed by atoms with van der Waals surface area (Å²) in [7, 11) is 3.86. The van der Waals surface area contributed by atoms with Crippen molar-refractivity contribution < 1.29 is 5.11 Å². The number of aliphatic hydroxyl groups is 1. The molecule has 0 aliphatic heterocycles. The Bertz CT molecular complexity index is 260. The van der Waals surface area contributed by atoms with Crippen LogP contribution in [0.25, 0.3) is 0 Å². The van der Waals surface area contributed by atoms with Crippen molar-refractivity contribution in [3.63, 3.8) is 0 Å². The Morgan fingerprint density at radius 1 is 1.64 bits per heavy atom. The summed E-state index contributed by atoms with van der Waals surface area (Å²) in [6.45, 7) is 2.88. The van der Waals surface area contributed by atoms with E-state index < -0.39 is 5.60 Å². The van der Waals surface area contributed by atoms with Crippen LogP contribution in [0.15, 0.2) is 6.33 Å². The number of anilines is 1. The van der Waals surface area contributed by atoms with Crippen LogP contribution in [-0.2, 0) is 0 Å². The lowest BCUT2D eigenvalue weighted by Gasteiger charge is -2.26. The van der Waals surface area contributed by atoms with E-state index in [1.807, 2.05) is 19.0 Å². The number of rotatable bonds is 5. The van der Waals surface area contributed by atoms with E-state index in [-0.39, 0.29) is 0 Å². The summed E-state index contributed by atoms with van der Waals surface area (Å²) in [6, 6.07) is 0. The normalized spacial score (nSPS) is 15.5. The number of nitrogens with zero attached hydrogens (tertiary/aromatic N) is 3. The van der Waals surface area contributed by atoms with Crippen LogP contribution in [0.2, 0.25) is 0 Å². The van der Waals surface area contributed by atoms with Gasteiger partial charge < -0.3 is 15.3 Å². The van der Waals surface area contributed by atoms with Crippen molar-refractivity contribution in [1.82, 2.24) is 14.3 Å². The molecule has 14 heavy (non-hydrogen) atoms. The molecule has 0 spiro atoms. The number of hydrogen-bond acceptors (Lipinski definition) is 6. The van der Waals surface area contributed by atoms with Gasteiger partial charge in [0.15, 0.2) is 0 Å². The fourth-order valence-corrected chi connectivity index (χ4v) is 1.68. The molecule has 1 unspecified atom stereocenters. The molecule has 1 rings (SSSR count). The molecule has 1 atom stereocenters. The molecule has 0 aliphatic rings. The summed E-state index contributed by atoms with van der Waals surface area (Å²) in [5.74, 6) is 0. The lowest BCUT2D eigenvalue weighted by molar-refractivity contribution is 0.0460. The minimum absolute atomic E-state index is 0.473. The molecule has 80 valence electrons. The summed E-state index contributed by atoms with van der Waals surface area (Å²) < 4.78 is 3.86. The lowest BCUT2D eigenvalue weighted by atomic mass is 10.1. The van der Waals surface area contributed by atoms with Crippen LogP contribution in [0.5, 0.6) is 0 Å². The van der Waals surface area contributed by atoms with Gasteiger partial charge in [-0.05, 0) is 21.0 Å². The molecule has 1 aromatic heterocycles. The van der Waals surface area contributed by atoms with E-state index in [4.69, 9.17) is 0 Å². The second kappa shape index (κ2) is 4.68. The fraction of sp³-hybridized carbons (Fsp3) is 0.750. The SMILES string of the molecule is CN(C)CC(C)(O)CNc1ncns1. The third-order valence-electron chi connectivity index (χ3n) is 1.64. The highest BCUT2D eigenvalue weighted by atomic mass is 32.1. The van der Waals surface area contributed by atoms with Crippen molar-refractivity contribution in [2.24, 2.45) is 0 Å². The maximum absolute atomic E-state index is 9.94. The summed E-state index contributed by atoms with van der Waals surface area (Å²) in [5.41, 5.74) is -0.755. The van der Waals surface area contributed by atoms with Gasteiger partial charge in [-0.1, -0.05) is 0 Å². The minimum atomic E-state index is -0.755. The zero-order chi connectivity index (χ0) is 10.6. The average molecular weight is 216 g/mol. The van der Waals surface area contributed by atoms with Crippen molar-refractivity contribution in [2.75, 3.05) is 32.5 Å². The van der Waals surface area contributed by atoms with Gasteiger partial charge in [0.05, 0.1) is 5.60 Å². The monoisotopic (exact) mass is 216 g/mol. The van der Waals surface area contributed by atoms with Crippen LogP contribution in [0.3, 0.4) is 0 Å². The van der Waals surface area contributed by atoms with Gasteiger partial charge >= 0.3 is 0 Å². The Morgan fingerprint density at radius 3 is 2.86 bits per heavy atom. The van der Waals surface area contributed by atoms with Gasteiger partial charge in [0.1, 0.15) is 6.33 Å². The second-order valence-electron chi connectivity index (χ2n) is 3.83. The van der Waals surface area contributed by atoms with Crippen molar-refractivity contribution >= 4 is 16.7 Å². The quantitative estimate of drug-likeness (QED) is 0.739. The molecule has 6 heteroatoms. The molecule has 0 aliphatic carbocycles. The van der Waals surface area contributed by atoms with E-state index in [0.29, 0.717) is 13.1 Å². The van der Waals surface area contributed by atoms with Crippen LogP contribution in [0.1, 0.15) is 6.92 Å². The molecule has 2 N–H and O–H groups in total. The van der Waals surface area contributed by atoms with Crippen LogP contribution < -0.4 is 5.32 Å². The van der Waals surface area contributed by atoms with E-state index in [0.717, 1.165) is 5.13 Å². The Kier molecular flexibility index (Phi) is 3.79. The zero-order valence-corrected chi connectivity index (χ0v) is 9.51. The molecule has 5 nitrogen and oxygen atoms in total. The minimum Gasteiger partial charge on any atom is -0.387 e. The van der Waals surface area contributed by atoms with Gasteiger partial charge in [-0.3, -0.25) is 0 Å². The number of nitrogens with one attached hydrogen (secondary N) is 1. The highest BCUT2D eigenvalue weighted by Crippen LogP contribution is 2.10. The lowest BCUT2D eigenvalue weighted by Crippen LogP contribution is -2.43. The van der Waals surface area contributed by atoms with E-state index >= 15 is 0 Å². The third kappa shape index (κ3) is 3.99. The van der Waals surface area contributed by atoms with Crippen LogP contribution in [0, 0.1) is 0 Å². The van der Waals surface area contributed by atoms with Crippen LogP contribution >= 0.6 is 11.5 Å². The van der Waals surface area contributed by atoms with Crippen molar-refractivity contribution in [3.05, 3.63) is 6.33 Å². The maximum atomic E-state index is 9.94. The predicted molar refractivity (Wildman–Crippen MR) is 57.6 cm³/mol. The molecule has 0 saturated heterocycles. The number of aromatic nitrogens is 2. The molecule has 0 aromatic carbocycles. The highest BCUT2D eigenvalue weighted by Gasteiger charge is 2.21. The molecular formula is C8H16N4OS. The van der Waals surface area contributed by atoms with Gasteiger partial charge in [-0.25, -0.2) is 4.98 Å². The Morgan fingerprint density at radius 2 is 2.36 bits per heavy atom. The summed E-state index contributed by atoms with van der Waals surface area (Å²) in [5, 5.41) is 13.7. The summed E-state index contributed by atoms with van der Waals surface area (Å²) >= 11 is 1.29. The molecule has 0 bridgehead atoms. The van der Waals surface area contributed by atoms with Gasteiger partial charge in [0.25, 0.3) is 0 Å². The smallest absolute Gasteiger partial charge is 0.202 e. The second-order valence-corrected chi connectivity index (χ2v) is 4.61. The first kappa shape index (κ1) is 11.4. The summed E-state index contributed by atoms with van der Waals surface area (Å²) in [6.07, 6.45) is 1.49. The Balaban J connectivity index is 2.36. The standard InChI is InChI=1S/C8H16N4OS/c1-8(13,5-12(2)3)4-9-7-10-6-11-14-7/h6,13H,4-5H2,1-3H3,(H,9,10,11). The fourth-order valence-electron chi connectivity index (χ4n) is 1.25. The summed E-state index contributed by atoms with van der Waals surface area (Å²) in [4.78, 5) is 5.92. The van der Waals surface area contributed by atoms with Crippen LogP contribution in [0.4, 0.5) is 5.13 Å². The highest BCUT2D eigenvalue weighted by molar-refractivity contribution is 7.09. The maximum Gasteiger partial charge on any atom is 0.202 e. The molecule has 0 fully saturated rings. The van der Waals surface area contributed by atoms with Crippen molar-refractivity contribution in [1.29, 1.82) is 0 Å². The number of hydrogen-bond donors (Lipinski definition) is 2. The molecular weight excluding hydrogens is 200 g/mol. The van der Waals surface area contributed by atoms with Crippen molar-refractivity contribution in [3.8, 4) is 0 Å². The largest absolute Gasteiger partial charge is 0.387 e. The third-order valence-corrected chi connectivity index (χ3v) is 2.26. The molecule has 1 aromatic rings. The van der Waals surface area contributed by atoms with Gasteiger partial charge in [0, 0.05) is 24.6 Å². The first-order valence-corrected chi connectivity index (χ1v) is 5.15. The molecule has 0 radical (unpaired) electrons. The average Bonchev–Trinajstić information content (AvgIpc) is 2.50. The van der Waals surface area contributed by atoms with E-state index in [2.05, 4.69) is 14.7 Å². The topological polar surface area (TPSA) is 61.3 Å². The first-order chi connectivity index (χ1) is 6.49. The van der Waals surface area contributed by atoms with Gasteiger partial charge in [-0.2, -0.15) is 4.37 Å². The first-order valence-electron chi connectivity index (χ1n) is 4.37. The number of likely N-dealkylation sites (N-methyl/N-ethyl adjacent to an activating group) is 1. The zero-order valence-electron chi connectivity index (χ0n) is 8.69. The Hall–Kier alpha value is -0.720. The van der Waals surface area contributed by atoms with Crippen LogP contribution in [-0.4, -0.2) is 52.1 Å². The predicted octanol–water partition coefficient (Wildman–Crippen LogP) is 0.263. The Labute approximate surface area is 87.9 Å².